The number of nitrogens with zero attached hydrogens (tertiary/aromatic N) is 1. The van der Waals surface area contributed by atoms with Crippen molar-refractivity contribution in [1.82, 2.24) is 4.90 Å². The van der Waals surface area contributed by atoms with Crippen molar-refractivity contribution in [3.63, 3.8) is 0 Å². The molecule has 0 aliphatic carbocycles. The van der Waals surface area contributed by atoms with Crippen molar-refractivity contribution in [2.45, 2.75) is 32.1 Å². The molecular weight excluding hydrogens is 269 g/mol. The number of carbonyl (C=O) groups is 1. The van der Waals surface area contributed by atoms with E-state index in [1.165, 1.54) is 4.90 Å². The Morgan fingerprint density at radius 1 is 1.37 bits per heavy atom. The highest BCUT2D eigenvalue weighted by Crippen LogP contribution is 2.22. The minimum absolute atomic E-state index is 0.0645. The molecule has 1 fully saturated rings. The Hall–Kier alpha value is -1.43. The topological polar surface area (TPSA) is 54.5 Å². The van der Waals surface area contributed by atoms with E-state index in [2.05, 4.69) is 0 Å². The van der Waals surface area contributed by atoms with Gasteiger partial charge < -0.3 is 4.90 Å². The molecule has 1 aliphatic rings. The molecule has 1 aromatic carbocycles. The number of carbonyl (C=O) groups excluding carboxylic acids is 1. The van der Waals surface area contributed by atoms with E-state index in [4.69, 9.17) is 0 Å². The van der Waals surface area contributed by atoms with E-state index in [0.717, 1.165) is 16.7 Å². The number of amides is 1. The van der Waals surface area contributed by atoms with Gasteiger partial charge in [-0.1, -0.05) is 23.8 Å². The lowest BCUT2D eigenvalue weighted by atomic mass is 10.1. The minimum Gasteiger partial charge on any atom is -0.337 e. The lowest BCUT2D eigenvalue weighted by Crippen LogP contribution is -2.27. The van der Waals surface area contributed by atoms with Gasteiger partial charge in [-0.3, -0.25) is 4.79 Å². The third-order valence-corrected chi connectivity index (χ3v) is 4.55. The van der Waals surface area contributed by atoms with Crippen molar-refractivity contribution in [3.05, 3.63) is 34.9 Å². The van der Waals surface area contributed by atoms with Crippen LogP contribution in [0.5, 0.6) is 0 Å². The molecule has 6 heteroatoms. The summed E-state index contributed by atoms with van der Waals surface area (Å²) in [6, 6.07) is 5.85. The fourth-order valence-corrected chi connectivity index (χ4v) is 3.01. The van der Waals surface area contributed by atoms with Gasteiger partial charge in [0.25, 0.3) is 0 Å². The molecule has 0 N–H and O–H groups in total. The maximum absolute atomic E-state index is 12.9. The summed E-state index contributed by atoms with van der Waals surface area (Å²) in [6.07, 6.45) is -0.260. The van der Waals surface area contributed by atoms with Crippen molar-refractivity contribution in [3.8, 4) is 0 Å². The molecule has 0 saturated carbocycles. The number of benzene rings is 1. The van der Waals surface area contributed by atoms with Gasteiger partial charge in [0.1, 0.15) is 5.25 Å². The van der Waals surface area contributed by atoms with Crippen molar-refractivity contribution in [2.24, 2.45) is 0 Å². The monoisotopic (exact) mass is 285 g/mol. The summed E-state index contributed by atoms with van der Waals surface area (Å²) in [5, 5.41) is -1.22. The number of rotatable bonds is 3. The largest absolute Gasteiger partial charge is 0.337 e. The summed E-state index contributed by atoms with van der Waals surface area (Å²) in [5.41, 5.74) is 3.12. The summed E-state index contributed by atoms with van der Waals surface area (Å²) >= 11 is 0. The minimum atomic E-state index is -4.64. The van der Waals surface area contributed by atoms with E-state index in [-0.39, 0.29) is 18.9 Å². The molecule has 1 unspecified atom stereocenters. The van der Waals surface area contributed by atoms with Crippen LogP contribution in [0.2, 0.25) is 0 Å². The van der Waals surface area contributed by atoms with Gasteiger partial charge in [-0.15, -0.1) is 3.89 Å². The van der Waals surface area contributed by atoms with E-state index < -0.39 is 15.5 Å². The fraction of sp³-hybridized carbons (Fsp3) is 0.462. The molecule has 19 heavy (non-hydrogen) atoms. The van der Waals surface area contributed by atoms with Gasteiger partial charge in [0.05, 0.1) is 0 Å². The molecule has 1 heterocycles. The average molecular weight is 285 g/mol. The summed E-state index contributed by atoms with van der Waals surface area (Å²) in [7, 11) is -4.64. The molecule has 4 nitrogen and oxygen atoms in total. The summed E-state index contributed by atoms with van der Waals surface area (Å²) < 4.78 is 34.6. The molecule has 2 rings (SSSR count). The second kappa shape index (κ2) is 4.92. The fourth-order valence-electron chi connectivity index (χ4n) is 2.31. The maximum Gasteiger partial charge on any atom is 0.307 e. The van der Waals surface area contributed by atoms with Crippen LogP contribution in [0.15, 0.2) is 18.2 Å². The van der Waals surface area contributed by atoms with E-state index in [1.54, 1.807) is 0 Å². The van der Waals surface area contributed by atoms with Crippen LogP contribution in [0.4, 0.5) is 3.89 Å². The number of aryl methyl sites for hydroxylation is 2. The van der Waals surface area contributed by atoms with Crippen LogP contribution in [-0.4, -0.2) is 31.0 Å². The maximum atomic E-state index is 12.9. The normalized spacial score (nSPS) is 20.1. The van der Waals surface area contributed by atoms with Crippen LogP contribution in [0.25, 0.3) is 0 Å². The van der Waals surface area contributed by atoms with Crippen LogP contribution in [0.3, 0.4) is 0 Å². The first kappa shape index (κ1) is 14.0. The highest BCUT2D eigenvalue weighted by Gasteiger charge is 2.38. The molecule has 1 aromatic rings. The first-order valence-corrected chi connectivity index (χ1v) is 7.49. The molecule has 1 aliphatic heterocycles. The highest BCUT2D eigenvalue weighted by molar-refractivity contribution is 7.87. The SMILES string of the molecule is Cc1ccc(CN2CC(S(=O)(=O)F)CC2=O)c(C)c1. The number of likely N-dealkylation sites (tertiary alicyclic amines) is 1. The summed E-state index contributed by atoms with van der Waals surface area (Å²) in [6.45, 7) is 4.18. The molecule has 0 bridgehead atoms. The zero-order valence-electron chi connectivity index (χ0n) is 10.9. The van der Waals surface area contributed by atoms with E-state index in [0.29, 0.717) is 6.54 Å². The van der Waals surface area contributed by atoms with Crippen LogP contribution < -0.4 is 0 Å². The van der Waals surface area contributed by atoms with Crippen molar-refractivity contribution in [1.29, 1.82) is 0 Å². The van der Waals surface area contributed by atoms with Crippen LogP contribution in [-0.2, 0) is 21.6 Å². The predicted molar refractivity (Wildman–Crippen MR) is 69.8 cm³/mol. The standard InChI is InChI=1S/C13H16FNO3S/c1-9-3-4-11(10(2)5-9)7-15-8-12(6-13(15)16)19(14,17)18/h3-5,12H,6-8H2,1-2H3. The van der Waals surface area contributed by atoms with Crippen molar-refractivity contribution >= 4 is 16.1 Å². The second-order valence-electron chi connectivity index (χ2n) is 5.01. The first-order chi connectivity index (χ1) is 8.77. The van der Waals surface area contributed by atoms with Gasteiger partial charge in [-0.2, -0.15) is 8.42 Å². The number of hydrogen-bond acceptors (Lipinski definition) is 3. The van der Waals surface area contributed by atoms with E-state index in [9.17, 15) is 17.1 Å². The van der Waals surface area contributed by atoms with Crippen LogP contribution in [0.1, 0.15) is 23.1 Å². The Morgan fingerprint density at radius 3 is 2.58 bits per heavy atom. The average Bonchev–Trinajstić information content (AvgIpc) is 2.64. The highest BCUT2D eigenvalue weighted by atomic mass is 32.3. The summed E-state index contributed by atoms with van der Waals surface area (Å²) in [4.78, 5) is 13.1. The van der Waals surface area contributed by atoms with Gasteiger partial charge in [0, 0.05) is 19.5 Å². The van der Waals surface area contributed by atoms with E-state index in [1.807, 2.05) is 32.0 Å². The Bertz CT molecular complexity index is 612. The third kappa shape index (κ3) is 3.12. The zero-order chi connectivity index (χ0) is 14.2. The van der Waals surface area contributed by atoms with Crippen molar-refractivity contribution < 1.29 is 17.1 Å². The molecule has 1 saturated heterocycles. The zero-order valence-corrected chi connectivity index (χ0v) is 11.7. The Kier molecular flexibility index (Phi) is 3.62. The molecule has 0 aromatic heterocycles. The lowest BCUT2D eigenvalue weighted by Gasteiger charge is -2.17. The second-order valence-corrected chi connectivity index (χ2v) is 6.62. The van der Waals surface area contributed by atoms with Gasteiger partial charge in [-0.25, -0.2) is 0 Å². The lowest BCUT2D eigenvalue weighted by molar-refractivity contribution is -0.128. The quantitative estimate of drug-likeness (QED) is 0.794. The smallest absolute Gasteiger partial charge is 0.307 e. The van der Waals surface area contributed by atoms with Crippen molar-refractivity contribution in [2.75, 3.05) is 6.54 Å². The van der Waals surface area contributed by atoms with E-state index >= 15 is 0 Å². The number of halogens is 1. The number of hydrogen-bond donors (Lipinski definition) is 0. The first-order valence-electron chi connectivity index (χ1n) is 6.05. The van der Waals surface area contributed by atoms with Gasteiger partial charge in [0.15, 0.2) is 0 Å². The Morgan fingerprint density at radius 2 is 2.05 bits per heavy atom. The summed E-state index contributed by atoms with van der Waals surface area (Å²) in [5.74, 6) is -0.314. The predicted octanol–water partition coefficient (Wildman–Crippen LogP) is 1.70. The van der Waals surface area contributed by atoms with Crippen LogP contribution in [0, 0.1) is 13.8 Å². The Labute approximate surface area is 112 Å². The molecule has 1 amide bonds. The molecule has 0 radical (unpaired) electrons. The molecule has 0 spiro atoms. The van der Waals surface area contributed by atoms with Gasteiger partial charge >= 0.3 is 10.2 Å². The molecule has 1 atom stereocenters. The molecular formula is C13H16FNO3S. The van der Waals surface area contributed by atoms with Gasteiger partial charge in [-0.05, 0) is 25.0 Å². The third-order valence-electron chi connectivity index (χ3n) is 3.44. The molecule has 104 valence electrons. The van der Waals surface area contributed by atoms with Crippen LogP contribution >= 0.6 is 0 Å². The Balaban J connectivity index is 2.14. The van der Waals surface area contributed by atoms with Gasteiger partial charge in [0.2, 0.25) is 5.91 Å².